The molecule has 0 aromatic carbocycles. The zero-order valence-corrected chi connectivity index (χ0v) is 17.8. The molecule has 3 aliphatic carbocycles. The number of aryl methyl sites for hydroxylation is 1. The fourth-order valence-corrected chi connectivity index (χ4v) is 5.70. The van der Waals surface area contributed by atoms with E-state index in [9.17, 15) is 0 Å². The van der Waals surface area contributed by atoms with E-state index >= 15 is 0 Å². The first kappa shape index (κ1) is 18.1. The molecule has 7 rings (SSSR count). The number of hydrogen-bond acceptors (Lipinski definition) is 5. The quantitative estimate of drug-likeness (QED) is 0.496. The summed E-state index contributed by atoms with van der Waals surface area (Å²) >= 11 is 6.11. The normalized spacial score (nSPS) is 26.0. The number of aromatic amines is 1. The van der Waals surface area contributed by atoms with Gasteiger partial charge in [0.15, 0.2) is 11.5 Å². The van der Waals surface area contributed by atoms with Gasteiger partial charge in [-0.05, 0) is 49.5 Å². The van der Waals surface area contributed by atoms with E-state index in [4.69, 9.17) is 21.6 Å². The van der Waals surface area contributed by atoms with Gasteiger partial charge in [-0.15, -0.1) is 0 Å². The number of halogens is 1. The van der Waals surface area contributed by atoms with Gasteiger partial charge in [-0.3, -0.25) is 0 Å². The van der Waals surface area contributed by atoms with E-state index in [1.165, 1.54) is 31.9 Å². The van der Waals surface area contributed by atoms with Gasteiger partial charge in [-0.2, -0.15) is 0 Å². The molecule has 7 nitrogen and oxygen atoms in total. The number of anilines is 1. The van der Waals surface area contributed by atoms with Crippen LogP contribution in [0.15, 0.2) is 24.7 Å². The van der Waals surface area contributed by atoms with Crippen molar-refractivity contribution in [2.24, 2.45) is 24.8 Å². The van der Waals surface area contributed by atoms with Crippen LogP contribution in [-0.4, -0.2) is 35.5 Å². The van der Waals surface area contributed by atoms with Gasteiger partial charge in [-0.25, -0.2) is 19.9 Å². The van der Waals surface area contributed by atoms with E-state index in [-0.39, 0.29) is 0 Å². The lowest BCUT2D eigenvalue weighted by Crippen LogP contribution is -2.47. The van der Waals surface area contributed by atoms with E-state index in [0.29, 0.717) is 34.1 Å². The van der Waals surface area contributed by atoms with Crippen molar-refractivity contribution < 1.29 is 0 Å². The number of fused-ring (bicyclic) bond motifs is 5. The Labute approximate surface area is 179 Å². The SMILES string of the molecule is CC1C2CCC(CC2)C1Nc1nc(-c2c[nH]c3ncc(Cl)nc23)nc2c1ccn2C. The molecule has 4 heterocycles. The number of aromatic nitrogens is 6. The molecule has 4 aromatic heterocycles. The molecule has 3 fully saturated rings. The number of nitrogens with one attached hydrogen (secondary N) is 2. The van der Waals surface area contributed by atoms with Crippen LogP contribution in [0.25, 0.3) is 33.6 Å². The first-order valence-electron chi connectivity index (χ1n) is 10.7. The van der Waals surface area contributed by atoms with Crippen LogP contribution in [0.2, 0.25) is 5.15 Å². The van der Waals surface area contributed by atoms with Crippen LogP contribution in [0.3, 0.4) is 0 Å². The molecule has 0 radical (unpaired) electrons. The fourth-order valence-electron chi connectivity index (χ4n) is 5.57. The summed E-state index contributed by atoms with van der Waals surface area (Å²) in [5, 5.41) is 5.25. The van der Waals surface area contributed by atoms with E-state index in [2.05, 4.69) is 33.3 Å². The van der Waals surface area contributed by atoms with Gasteiger partial charge >= 0.3 is 0 Å². The van der Waals surface area contributed by atoms with E-state index in [1.807, 2.05) is 24.0 Å². The summed E-state index contributed by atoms with van der Waals surface area (Å²) in [6.07, 6.45) is 10.8. The zero-order chi connectivity index (χ0) is 20.4. The van der Waals surface area contributed by atoms with Crippen molar-refractivity contribution in [2.45, 2.75) is 38.6 Å². The Bertz CT molecular complexity index is 1250. The van der Waals surface area contributed by atoms with Gasteiger partial charge in [0.25, 0.3) is 0 Å². The second kappa shape index (κ2) is 6.67. The lowest BCUT2D eigenvalue weighted by Gasteiger charge is -2.47. The van der Waals surface area contributed by atoms with Gasteiger partial charge in [0, 0.05) is 25.5 Å². The van der Waals surface area contributed by atoms with Gasteiger partial charge in [-0.1, -0.05) is 18.5 Å². The molecule has 0 spiro atoms. The predicted octanol–water partition coefficient (Wildman–Crippen LogP) is 4.80. The summed E-state index contributed by atoms with van der Waals surface area (Å²) in [5.41, 5.74) is 3.08. The molecule has 0 amide bonds. The molecule has 30 heavy (non-hydrogen) atoms. The van der Waals surface area contributed by atoms with Crippen LogP contribution in [0, 0.1) is 17.8 Å². The fraction of sp³-hybridized carbons (Fsp3) is 0.455. The topological polar surface area (TPSA) is 84.3 Å². The smallest absolute Gasteiger partial charge is 0.167 e. The maximum Gasteiger partial charge on any atom is 0.167 e. The average molecular weight is 422 g/mol. The molecular formula is C22H24ClN7. The third-order valence-corrected chi connectivity index (χ3v) is 7.44. The summed E-state index contributed by atoms with van der Waals surface area (Å²) in [5.74, 6) is 3.74. The second-order valence-electron chi connectivity index (χ2n) is 8.86. The van der Waals surface area contributed by atoms with Crippen LogP contribution in [-0.2, 0) is 7.05 Å². The van der Waals surface area contributed by atoms with Crippen molar-refractivity contribution in [1.82, 2.24) is 29.5 Å². The monoisotopic (exact) mass is 421 g/mol. The summed E-state index contributed by atoms with van der Waals surface area (Å²) < 4.78 is 2.04. The van der Waals surface area contributed by atoms with Crippen molar-refractivity contribution in [3.63, 3.8) is 0 Å². The first-order chi connectivity index (χ1) is 14.6. The number of H-pyrrole nitrogens is 1. The van der Waals surface area contributed by atoms with E-state index < -0.39 is 0 Å². The average Bonchev–Trinajstić information content (AvgIpc) is 3.34. The Kier molecular flexibility index (Phi) is 4.03. The van der Waals surface area contributed by atoms with Crippen LogP contribution in [0.5, 0.6) is 0 Å². The summed E-state index contributed by atoms with van der Waals surface area (Å²) in [6, 6.07) is 2.56. The van der Waals surface area contributed by atoms with Crippen LogP contribution >= 0.6 is 11.6 Å². The van der Waals surface area contributed by atoms with Crippen molar-refractivity contribution in [2.75, 3.05) is 5.32 Å². The molecule has 2 unspecified atom stereocenters. The highest BCUT2D eigenvalue weighted by atomic mass is 35.5. The Morgan fingerprint density at radius 1 is 1.13 bits per heavy atom. The van der Waals surface area contributed by atoms with Crippen molar-refractivity contribution in [3.05, 3.63) is 29.8 Å². The third kappa shape index (κ3) is 2.71. The van der Waals surface area contributed by atoms with Crippen molar-refractivity contribution in [1.29, 1.82) is 0 Å². The Hall–Kier alpha value is -2.67. The Morgan fingerprint density at radius 3 is 2.73 bits per heavy atom. The molecule has 8 heteroatoms. The molecular weight excluding hydrogens is 398 g/mol. The van der Waals surface area contributed by atoms with Crippen LogP contribution in [0.4, 0.5) is 5.82 Å². The molecule has 2 bridgehead atoms. The van der Waals surface area contributed by atoms with Crippen LogP contribution in [0.1, 0.15) is 32.6 Å². The minimum absolute atomic E-state index is 0.355. The van der Waals surface area contributed by atoms with Gasteiger partial charge in [0.05, 0.1) is 17.1 Å². The third-order valence-electron chi connectivity index (χ3n) is 7.25. The van der Waals surface area contributed by atoms with Crippen molar-refractivity contribution in [3.8, 4) is 11.4 Å². The Morgan fingerprint density at radius 2 is 1.93 bits per heavy atom. The minimum Gasteiger partial charge on any atom is -0.366 e. The molecule has 0 saturated heterocycles. The lowest BCUT2D eigenvalue weighted by molar-refractivity contribution is 0.0929. The van der Waals surface area contributed by atoms with Gasteiger partial charge in [0.1, 0.15) is 22.1 Å². The number of nitrogens with zero attached hydrogens (tertiary/aromatic N) is 5. The maximum atomic E-state index is 6.11. The molecule has 154 valence electrons. The van der Waals surface area contributed by atoms with Gasteiger partial charge in [0.2, 0.25) is 0 Å². The zero-order valence-electron chi connectivity index (χ0n) is 17.1. The summed E-state index contributed by atoms with van der Waals surface area (Å²) in [7, 11) is 2.01. The van der Waals surface area contributed by atoms with Gasteiger partial charge < -0.3 is 14.9 Å². The van der Waals surface area contributed by atoms with E-state index in [1.54, 1.807) is 0 Å². The highest BCUT2D eigenvalue weighted by molar-refractivity contribution is 6.29. The number of rotatable bonds is 3. The standard InChI is InChI=1S/C22H24ClN7/c1-11-12-3-5-13(6-4-12)17(11)27-19-14-7-8-30(2)22(14)29-20(28-19)15-9-24-21-18(15)26-16(23)10-25-21/h7-13,17H,3-6H2,1-2H3,(H,24,25)(H,27,28,29). The first-order valence-corrected chi connectivity index (χ1v) is 11.1. The van der Waals surface area contributed by atoms with E-state index in [0.717, 1.165) is 34.3 Å². The molecule has 2 N–H and O–H groups in total. The largest absolute Gasteiger partial charge is 0.366 e. The van der Waals surface area contributed by atoms with Crippen molar-refractivity contribution >= 4 is 39.6 Å². The lowest BCUT2D eigenvalue weighted by atomic mass is 9.62. The summed E-state index contributed by atoms with van der Waals surface area (Å²) in [6.45, 7) is 2.40. The highest BCUT2D eigenvalue weighted by Gasteiger charge is 2.41. The molecule has 2 atom stereocenters. The summed E-state index contributed by atoms with van der Waals surface area (Å²) in [4.78, 5) is 21.8. The second-order valence-corrected chi connectivity index (χ2v) is 9.24. The molecule has 4 aromatic rings. The van der Waals surface area contributed by atoms with Crippen LogP contribution < -0.4 is 5.32 Å². The molecule has 0 aliphatic heterocycles. The molecule has 3 aliphatic rings. The number of hydrogen-bond donors (Lipinski definition) is 2. The minimum atomic E-state index is 0.355. The molecule has 3 saturated carbocycles. The predicted molar refractivity (Wildman–Crippen MR) is 118 cm³/mol. The Balaban J connectivity index is 1.48. The maximum absolute atomic E-state index is 6.11. The highest BCUT2D eigenvalue weighted by Crippen LogP contribution is 2.46.